The number of urea groups is 1. The van der Waals surface area contributed by atoms with E-state index < -0.39 is 6.10 Å². The second-order valence-electron chi connectivity index (χ2n) is 5.91. The van der Waals surface area contributed by atoms with Gasteiger partial charge in [-0.25, -0.2) is 9.78 Å². The number of carbonyl (C=O) groups is 1. The fraction of sp³-hybridized carbons (Fsp3) is 0.733. The molecule has 1 aromatic rings. The minimum absolute atomic E-state index is 0.0615. The lowest BCUT2D eigenvalue weighted by Crippen LogP contribution is -2.47. The van der Waals surface area contributed by atoms with Crippen LogP contribution in [0.1, 0.15) is 51.2 Å². The predicted octanol–water partition coefficient (Wildman–Crippen LogP) is 2.61. The predicted molar refractivity (Wildman–Crippen MR) is 86.8 cm³/mol. The summed E-state index contributed by atoms with van der Waals surface area (Å²) < 4.78 is 0. The minimum atomic E-state index is -0.523. The van der Waals surface area contributed by atoms with Crippen LogP contribution in [-0.2, 0) is 6.42 Å². The van der Waals surface area contributed by atoms with E-state index in [1.807, 2.05) is 13.8 Å². The van der Waals surface area contributed by atoms with Gasteiger partial charge in [0.2, 0.25) is 0 Å². The topological polar surface area (TPSA) is 65.5 Å². The van der Waals surface area contributed by atoms with Crippen LogP contribution in [0.4, 0.5) is 4.79 Å². The first-order valence-electron chi connectivity index (χ1n) is 7.48. The van der Waals surface area contributed by atoms with Gasteiger partial charge in [0.05, 0.1) is 16.8 Å². The van der Waals surface area contributed by atoms with Gasteiger partial charge in [-0.2, -0.15) is 0 Å². The lowest BCUT2D eigenvalue weighted by atomic mass is 10.2. The number of hydrogen-bond acceptors (Lipinski definition) is 4. The first-order valence-corrected chi connectivity index (χ1v) is 8.36. The average Bonchev–Trinajstić information content (AvgIpc) is 2.84. The van der Waals surface area contributed by atoms with Crippen molar-refractivity contribution >= 4 is 17.4 Å². The van der Waals surface area contributed by atoms with Gasteiger partial charge in [0.15, 0.2) is 0 Å². The van der Waals surface area contributed by atoms with E-state index in [0.717, 1.165) is 17.1 Å². The van der Waals surface area contributed by atoms with Crippen molar-refractivity contribution in [3.63, 3.8) is 0 Å². The molecule has 0 aliphatic rings. The molecule has 1 aromatic heterocycles. The van der Waals surface area contributed by atoms with Crippen LogP contribution in [0.25, 0.3) is 0 Å². The molecule has 0 aliphatic carbocycles. The monoisotopic (exact) mass is 313 g/mol. The van der Waals surface area contributed by atoms with E-state index in [2.05, 4.69) is 29.5 Å². The molecule has 0 radical (unpaired) electrons. The Balaban J connectivity index is 2.44. The molecule has 2 amide bonds. The number of rotatable bonds is 7. The molecule has 1 heterocycles. The van der Waals surface area contributed by atoms with Gasteiger partial charge in [-0.1, -0.05) is 13.8 Å². The number of aliphatic hydroxyl groups excluding tert-OH is 1. The Bertz CT molecular complexity index is 444. The van der Waals surface area contributed by atoms with Crippen LogP contribution < -0.4 is 5.32 Å². The van der Waals surface area contributed by atoms with E-state index in [1.54, 1.807) is 23.2 Å². The SMILES string of the molecule is CC(O)CN(C(=O)NCCc1csc(C(C)C)n1)C(C)C. The quantitative estimate of drug-likeness (QED) is 0.813. The highest BCUT2D eigenvalue weighted by Gasteiger charge is 2.18. The first-order chi connectivity index (χ1) is 9.81. The second-order valence-corrected chi connectivity index (χ2v) is 6.80. The second kappa shape index (κ2) is 8.34. The molecule has 0 saturated carbocycles. The van der Waals surface area contributed by atoms with Gasteiger partial charge in [-0.05, 0) is 20.8 Å². The summed E-state index contributed by atoms with van der Waals surface area (Å²) in [5, 5.41) is 15.5. The number of aliphatic hydroxyl groups is 1. The fourth-order valence-corrected chi connectivity index (χ4v) is 2.78. The molecule has 1 rings (SSSR count). The number of nitrogens with one attached hydrogen (secondary N) is 1. The van der Waals surface area contributed by atoms with Gasteiger partial charge in [0.1, 0.15) is 0 Å². The molecule has 0 spiro atoms. The molecule has 0 fully saturated rings. The molecular weight excluding hydrogens is 286 g/mol. The average molecular weight is 313 g/mol. The van der Waals surface area contributed by atoms with Gasteiger partial charge in [-0.15, -0.1) is 11.3 Å². The Morgan fingerprint density at radius 3 is 2.52 bits per heavy atom. The third-order valence-corrected chi connectivity index (χ3v) is 4.26. The Kier molecular flexibility index (Phi) is 7.11. The van der Waals surface area contributed by atoms with Crippen molar-refractivity contribution in [1.29, 1.82) is 0 Å². The maximum atomic E-state index is 12.1. The standard InChI is InChI=1S/C15H27N3O2S/c1-10(2)14-17-13(9-21-14)6-7-16-15(20)18(11(3)4)8-12(5)19/h9-12,19H,6-8H2,1-5H3,(H,16,20). The molecule has 1 unspecified atom stereocenters. The lowest BCUT2D eigenvalue weighted by Gasteiger charge is -2.28. The summed E-state index contributed by atoms with van der Waals surface area (Å²) >= 11 is 1.67. The Morgan fingerprint density at radius 1 is 1.38 bits per heavy atom. The number of amides is 2. The molecule has 0 saturated heterocycles. The van der Waals surface area contributed by atoms with Gasteiger partial charge in [0, 0.05) is 36.9 Å². The highest BCUT2D eigenvalue weighted by molar-refractivity contribution is 7.09. The van der Waals surface area contributed by atoms with Crippen molar-refractivity contribution in [2.24, 2.45) is 0 Å². The minimum Gasteiger partial charge on any atom is -0.392 e. The molecule has 0 aliphatic heterocycles. The van der Waals surface area contributed by atoms with E-state index in [-0.39, 0.29) is 12.1 Å². The molecule has 0 aromatic carbocycles. The normalized spacial score (nSPS) is 12.8. The first kappa shape index (κ1) is 17.9. The third-order valence-electron chi connectivity index (χ3n) is 3.07. The highest BCUT2D eigenvalue weighted by atomic mass is 32.1. The van der Waals surface area contributed by atoms with Crippen LogP contribution in [0.2, 0.25) is 0 Å². The lowest BCUT2D eigenvalue weighted by molar-refractivity contribution is 0.119. The summed E-state index contributed by atoms with van der Waals surface area (Å²) in [7, 11) is 0. The summed E-state index contributed by atoms with van der Waals surface area (Å²) in [6, 6.07) is -0.0726. The van der Waals surface area contributed by atoms with Crippen molar-refractivity contribution in [3.8, 4) is 0 Å². The summed E-state index contributed by atoms with van der Waals surface area (Å²) in [6.45, 7) is 10.7. The number of nitrogens with zero attached hydrogens (tertiary/aromatic N) is 2. The Morgan fingerprint density at radius 2 is 2.05 bits per heavy atom. The van der Waals surface area contributed by atoms with E-state index in [1.165, 1.54) is 0 Å². The van der Waals surface area contributed by atoms with Gasteiger partial charge in [0.25, 0.3) is 0 Å². The van der Waals surface area contributed by atoms with Crippen LogP contribution in [0, 0.1) is 0 Å². The van der Waals surface area contributed by atoms with E-state index in [9.17, 15) is 9.90 Å². The number of thiazole rings is 1. The molecular formula is C15H27N3O2S. The molecule has 1 atom stereocenters. The van der Waals surface area contributed by atoms with Crippen molar-refractivity contribution in [2.45, 2.75) is 59.1 Å². The molecule has 120 valence electrons. The van der Waals surface area contributed by atoms with Crippen molar-refractivity contribution in [3.05, 3.63) is 16.1 Å². The molecule has 5 nitrogen and oxygen atoms in total. The van der Waals surface area contributed by atoms with Crippen molar-refractivity contribution < 1.29 is 9.90 Å². The molecule has 2 N–H and O–H groups in total. The maximum Gasteiger partial charge on any atom is 0.317 e. The van der Waals surface area contributed by atoms with Crippen molar-refractivity contribution in [1.82, 2.24) is 15.2 Å². The number of carbonyl (C=O) groups excluding carboxylic acids is 1. The van der Waals surface area contributed by atoms with E-state index in [0.29, 0.717) is 19.0 Å². The van der Waals surface area contributed by atoms with Crippen LogP contribution >= 0.6 is 11.3 Å². The van der Waals surface area contributed by atoms with Crippen LogP contribution in [0.15, 0.2) is 5.38 Å². The molecule has 0 bridgehead atoms. The Hall–Kier alpha value is -1.14. The molecule has 21 heavy (non-hydrogen) atoms. The Labute approximate surface area is 131 Å². The van der Waals surface area contributed by atoms with E-state index in [4.69, 9.17) is 0 Å². The van der Waals surface area contributed by atoms with Crippen LogP contribution in [0.5, 0.6) is 0 Å². The number of hydrogen-bond donors (Lipinski definition) is 2. The largest absolute Gasteiger partial charge is 0.392 e. The summed E-state index contributed by atoms with van der Waals surface area (Å²) in [5.41, 5.74) is 1.02. The van der Waals surface area contributed by atoms with Gasteiger partial charge < -0.3 is 15.3 Å². The number of aromatic nitrogens is 1. The summed E-state index contributed by atoms with van der Waals surface area (Å²) in [4.78, 5) is 18.3. The van der Waals surface area contributed by atoms with Gasteiger partial charge >= 0.3 is 6.03 Å². The van der Waals surface area contributed by atoms with E-state index >= 15 is 0 Å². The van der Waals surface area contributed by atoms with Crippen molar-refractivity contribution in [2.75, 3.05) is 13.1 Å². The zero-order chi connectivity index (χ0) is 16.0. The zero-order valence-electron chi connectivity index (χ0n) is 13.6. The highest BCUT2D eigenvalue weighted by Crippen LogP contribution is 2.19. The fourth-order valence-electron chi connectivity index (χ4n) is 1.91. The van der Waals surface area contributed by atoms with Crippen LogP contribution in [-0.4, -0.2) is 46.3 Å². The summed E-state index contributed by atoms with van der Waals surface area (Å²) in [5.74, 6) is 0.445. The maximum absolute atomic E-state index is 12.1. The van der Waals surface area contributed by atoms with Gasteiger partial charge in [-0.3, -0.25) is 0 Å². The summed E-state index contributed by atoms with van der Waals surface area (Å²) in [6.07, 6.45) is 0.209. The zero-order valence-corrected chi connectivity index (χ0v) is 14.4. The smallest absolute Gasteiger partial charge is 0.317 e. The molecule has 6 heteroatoms. The third kappa shape index (κ3) is 6.01. The van der Waals surface area contributed by atoms with Crippen LogP contribution in [0.3, 0.4) is 0 Å².